The highest BCUT2D eigenvalue weighted by atomic mass is 32.1. The first-order chi connectivity index (χ1) is 8.86. The molecule has 0 amide bonds. The smallest absolute Gasteiger partial charge is 0.0809 e. The topological polar surface area (TPSA) is 43.4 Å². The Labute approximate surface area is 113 Å². The SMILES string of the molecule is CC(NCCCOCC1CCCO1)c1cscn1. The van der Waals surface area contributed by atoms with Gasteiger partial charge in [0, 0.05) is 24.6 Å². The van der Waals surface area contributed by atoms with E-state index < -0.39 is 0 Å². The van der Waals surface area contributed by atoms with E-state index in [-0.39, 0.29) is 0 Å². The maximum atomic E-state index is 5.61. The van der Waals surface area contributed by atoms with Crippen LogP contribution < -0.4 is 5.32 Å². The summed E-state index contributed by atoms with van der Waals surface area (Å²) in [5, 5.41) is 5.54. The molecule has 1 aliphatic rings. The van der Waals surface area contributed by atoms with E-state index in [1.165, 1.54) is 6.42 Å². The quantitative estimate of drug-likeness (QED) is 0.737. The van der Waals surface area contributed by atoms with Gasteiger partial charge >= 0.3 is 0 Å². The average molecular weight is 270 g/mol. The van der Waals surface area contributed by atoms with Gasteiger partial charge in [0.2, 0.25) is 0 Å². The second kappa shape index (κ2) is 7.84. The lowest BCUT2D eigenvalue weighted by atomic mass is 10.2. The largest absolute Gasteiger partial charge is 0.379 e. The summed E-state index contributed by atoms with van der Waals surface area (Å²) in [6, 6.07) is 0.328. The molecule has 4 nitrogen and oxygen atoms in total. The summed E-state index contributed by atoms with van der Waals surface area (Å²) in [7, 11) is 0. The van der Waals surface area contributed by atoms with Crippen LogP contribution in [-0.2, 0) is 9.47 Å². The molecule has 1 fully saturated rings. The van der Waals surface area contributed by atoms with Crippen molar-refractivity contribution in [1.82, 2.24) is 10.3 Å². The lowest BCUT2D eigenvalue weighted by molar-refractivity contribution is 0.0165. The van der Waals surface area contributed by atoms with Crippen LogP contribution in [0.2, 0.25) is 0 Å². The fourth-order valence-electron chi connectivity index (χ4n) is 2.02. The predicted octanol–water partition coefficient (Wildman–Crippen LogP) is 2.38. The van der Waals surface area contributed by atoms with E-state index in [9.17, 15) is 0 Å². The Kier molecular flexibility index (Phi) is 6.07. The number of ether oxygens (including phenoxy) is 2. The first-order valence-electron chi connectivity index (χ1n) is 6.67. The zero-order chi connectivity index (χ0) is 12.6. The molecule has 2 unspecified atom stereocenters. The van der Waals surface area contributed by atoms with Crippen molar-refractivity contribution in [2.24, 2.45) is 0 Å². The van der Waals surface area contributed by atoms with Gasteiger partial charge in [-0.2, -0.15) is 0 Å². The molecule has 2 atom stereocenters. The van der Waals surface area contributed by atoms with Crippen LogP contribution in [0, 0.1) is 0 Å². The Morgan fingerprint density at radius 3 is 3.33 bits per heavy atom. The van der Waals surface area contributed by atoms with Crippen LogP contribution in [0.15, 0.2) is 10.9 Å². The zero-order valence-electron chi connectivity index (χ0n) is 10.9. The van der Waals surface area contributed by atoms with Gasteiger partial charge in [0.25, 0.3) is 0 Å². The van der Waals surface area contributed by atoms with Gasteiger partial charge in [0.1, 0.15) is 0 Å². The van der Waals surface area contributed by atoms with Crippen molar-refractivity contribution in [3.8, 4) is 0 Å². The van der Waals surface area contributed by atoms with Crippen LogP contribution in [0.1, 0.15) is 37.9 Å². The minimum atomic E-state index is 0.328. The van der Waals surface area contributed by atoms with Gasteiger partial charge in [0.15, 0.2) is 0 Å². The molecular formula is C13H22N2O2S. The molecule has 1 saturated heterocycles. The van der Waals surface area contributed by atoms with Crippen LogP contribution >= 0.6 is 11.3 Å². The minimum Gasteiger partial charge on any atom is -0.379 e. The Bertz CT molecular complexity index is 313. The third-order valence-corrected chi connectivity index (χ3v) is 3.74. The first-order valence-corrected chi connectivity index (χ1v) is 7.61. The number of thiazole rings is 1. The van der Waals surface area contributed by atoms with Crippen molar-refractivity contribution in [1.29, 1.82) is 0 Å². The van der Waals surface area contributed by atoms with E-state index in [2.05, 4.69) is 22.6 Å². The lowest BCUT2D eigenvalue weighted by Gasteiger charge is -2.12. The molecular weight excluding hydrogens is 248 g/mol. The summed E-state index contributed by atoms with van der Waals surface area (Å²) >= 11 is 1.64. The first kappa shape index (κ1) is 13.9. The van der Waals surface area contributed by atoms with Gasteiger partial charge in [-0.1, -0.05) is 0 Å². The van der Waals surface area contributed by atoms with E-state index in [1.54, 1.807) is 11.3 Å². The molecule has 0 saturated carbocycles. The van der Waals surface area contributed by atoms with E-state index in [1.807, 2.05) is 5.51 Å². The molecule has 1 aliphatic heterocycles. The molecule has 0 aliphatic carbocycles. The number of rotatable bonds is 8. The highest BCUT2D eigenvalue weighted by molar-refractivity contribution is 7.07. The summed E-state index contributed by atoms with van der Waals surface area (Å²) in [5.74, 6) is 0. The molecule has 102 valence electrons. The molecule has 0 radical (unpaired) electrons. The van der Waals surface area contributed by atoms with Crippen molar-refractivity contribution in [2.75, 3.05) is 26.4 Å². The van der Waals surface area contributed by atoms with Crippen LogP contribution in [-0.4, -0.2) is 37.5 Å². The number of hydrogen-bond acceptors (Lipinski definition) is 5. The molecule has 1 aromatic rings. The Hall–Kier alpha value is -0.490. The summed E-state index contributed by atoms with van der Waals surface area (Å²) in [6.45, 7) is 5.56. The van der Waals surface area contributed by atoms with E-state index in [4.69, 9.17) is 9.47 Å². The Morgan fingerprint density at radius 2 is 2.61 bits per heavy atom. The monoisotopic (exact) mass is 270 g/mol. The van der Waals surface area contributed by atoms with Crippen LogP contribution in [0.3, 0.4) is 0 Å². The van der Waals surface area contributed by atoms with Crippen molar-refractivity contribution < 1.29 is 9.47 Å². The average Bonchev–Trinajstić information content (AvgIpc) is 3.05. The van der Waals surface area contributed by atoms with Crippen molar-refractivity contribution >= 4 is 11.3 Å². The number of nitrogens with zero attached hydrogens (tertiary/aromatic N) is 1. The van der Waals surface area contributed by atoms with Gasteiger partial charge in [-0.25, -0.2) is 4.98 Å². The fraction of sp³-hybridized carbons (Fsp3) is 0.769. The molecule has 0 bridgehead atoms. The van der Waals surface area contributed by atoms with Crippen LogP contribution in [0.5, 0.6) is 0 Å². The number of hydrogen-bond donors (Lipinski definition) is 1. The summed E-state index contributed by atoms with van der Waals surface area (Å²) in [6.07, 6.45) is 3.70. The lowest BCUT2D eigenvalue weighted by Crippen LogP contribution is -2.22. The molecule has 1 N–H and O–H groups in total. The summed E-state index contributed by atoms with van der Waals surface area (Å²) in [4.78, 5) is 4.29. The Morgan fingerprint density at radius 1 is 1.67 bits per heavy atom. The van der Waals surface area contributed by atoms with Gasteiger partial charge in [0.05, 0.1) is 23.9 Å². The highest BCUT2D eigenvalue weighted by Crippen LogP contribution is 2.12. The molecule has 18 heavy (non-hydrogen) atoms. The zero-order valence-corrected chi connectivity index (χ0v) is 11.7. The maximum absolute atomic E-state index is 5.61. The second-order valence-corrected chi connectivity index (χ2v) is 5.37. The minimum absolute atomic E-state index is 0.328. The number of aromatic nitrogens is 1. The molecule has 0 spiro atoms. The van der Waals surface area contributed by atoms with Gasteiger partial charge < -0.3 is 14.8 Å². The van der Waals surface area contributed by atoms with E-state index in [0.29, 0.717) is 12.1 Å². The van der Waals surface area contributed by atoms with Gasteiger partial charge in [-0.05, 0) is 32.7 Å². The highest BCUT2D eigenvalue weighted by Gasteiger charge is 2.14. The van der Waals surface area contributed by atoms with E-state index in [0.717, 1.165) is 44.9 Å². The molecule has 2 rings (SSSR count). The van der Waals surface area contributed by atoms with Crippen molar-refractivity contribution in [3.05, 3.63) is 16.6 Å². The van der Waals surface area contributed by atoms with Crippen LogP contribution in [0.25, 0.3) is 0 Å². The van der Waals surface area contributed by atoms with Gasteiger partial charge in [-0.3, -0.25) is 0 Å². The molecule has 1 aromatic heterocycles. The number of nitrogens with one attached hydrogen (secondary N) is 1. The Balaban J connectivity index is 1.46. The van der Waals surface area contributed by atoms with Crippen LogP contribution in [0.4, 0.5) is 0 Å². The molecule has 0 aromatic carbocycles. The third-order valence-electron chi connectivity index (χ3n) is 3.14. The molecule has 5 heteroatoms. The fourth-order valence-corrected chi connectivity index (χ4v) is 2.67. The summed E-state index contributed by atoms with van der Waals surface area (Å²) in [5.41, 5.74) is 3.00. The predicted molar refractivity (Wildman–Crippen MR) is 72.9 cm³/mol. The standard InChI is InChI=1S/C13H22N2O2S/c1-11(13-9-18-10-15-13)14-5-3-6-16-8-12-4-2-7-17-12/h9-12,14H,2-8H2,1H3. The van der Waals surface area contributed by atoms with Crippen molar-refractivity contribution in [2.45, 2.75) is 38.3 Å². The normalized spacial score (nSPS) is 21.3. The summed E-state index contributed by atoms with van der Waals surface area (Å²) < 4.78 is 11.1. The van der Waals surface area contributed by atoms with Crippen molar-refractivity contribution in [3.63, 3.8) is 0 Å². The maximum Gasteiger partial charge on any atom is 0.0809 e. The third kappa shape index (κ3) is 4.65. The van der Waals surface area contributed by atoms with E-state index >= 15 is 0 Å². The molecule has 2 heterocycles. The van der Waals surface area contributed by atoms with Gasteiger partial charge in [-0.15, -0.1) is 11.3 Å². The second-order valence-electron chi connectivity index (χ2n) is 4.65.